The number of carbonyl (C=O) groups is 1. The van der Waals surface area contributed by atoms with Crippen LogP contribution in [0, 0.1) is 0 Å². The summed E-state index contributed by atoms with van der Waals surface area (Å²) in [5.41, 5.74) is 1.24. The molecule has 0 saturated heterocycles. The van der Waals surface area contributed by atoms with Gasteiger partial charge in [-0.05, 0) is 37.7 Å². The standard InChI is InChI=1S/C13H13ClN2OS/c1-7(17)5-8-3-2-4-9-10(8)11-12(14)15-6-16-13(11)18-9/h6,8H,2-5H2,1H3. The quantitative estimate of drug-likeness (QED) is 0.787. The molecule has 0 amide bonds. The van der Waals surface area contributed by atoms with Crippen LogP contribution in [0.4, 0.5) is 0 Å². The fourth-order valence-corrected chi connectivity index (χ4v) is 4.34. The van der Waals surface area contributed by atoms with E-state index in [1.165, 1.54) is 16.8 Å². The topological polar surface area (TPSA) is 42.9 Å². The molecule has 2 heterocycles. The Morgan fingerprint density at radius 1 is 1.56 bits per heavy atom. The third-order valence-electron chi connectivity index (χ3n) is 3.45. The molecule has 3 nitrogen and oxygen atoms in total. The fourth-order valence-electron chi connectivity index (χ4n) is 2.79. The largest absolute Gasteiger partial charge is 0.300 e. The highest BCUT2D eigenvalue weighted by atomic mass is 35.5. The zero-order valence-electron chi connectivity index (χ0n) is 10.1. The number of aryl methyl sites for hydroxylation is 1. The lowest BCUT2D eigenvalue weighted by Crippen LogP contribution is -2.11. The third kappa shape index (κ3) is 1.93. The van der Waals surface area contributed by atoms with E-state index in [4.69, 9.17) is 11.6 Å². The van der Waals surface area contributed by atoms with Gasteiger partial charge >= 0.3 is 0 Å². The monoisotopic (exact) mass is 280 g/mol. The van der Waals surface area contributed by atoms with Crippen molar-refractivity contribution in [3.8, 4) is 0 Å². The molecule has 0 fully saturated rings. The van der Waals surface area contributed by atoms with Gasteiger partial charge in [-0.25, -0.2) is 9.97 Å². The summed E-state index contributed by atoms with van der Waals surface area (Å²) in [7, 11) is 0. The van der Waals surface area contributed by atoms with Gasteiger partial charge in [-0.3, -0.25) is 0 Å². The van der Waals surface area contributed by atoms with Crippen LogP contribution < -0.4 is 0 Å². The van der Waals surface area contributed by atoms with E-state index in [0.717, 1.165) is 29.5 Å². The number of Topliss-reactive ketones (excluding diaryl/α,β-unsaturated/α-hetero) is 1. The molecule has 0 aliphatic heterocycles. The highest BCUT2D eigenvalue weighted by Crippen LogP contribution is 2.44. The summed E-state index contributed by atoms with van der Waals surface area (Å²) in [5, 5.41) is 1.50. The first-order valence-corrected chi connectivity index (χ1v) is 7.27. The van der Waals surface area contributed by atoms with Gasteiger partial charge in [0.15, 0.2) is 0 Å². The van der Waals surface area contributed by atoms with Gasteiger partial charge in [-0.15, -0.1) is 11.3 Å². The molecule has 0 bridgehead atoms. The first kappa shape index (κ1) is 12.1. The average Bonchev–Trinajstić information content (AvgIpc) is 2.69. The van der Waals surface area contributed by atoms with E-state index in [-0.39, 0.29) is 5.78 Å². The molecule has 2 aromatic rings. The Kier molecular flexibility index (Phi) is 3.08. The second-order valence-corrected chi connectivity index (χ2v) is 6.22. The highest BCUT2D eigenvalue weighted by molar-refractivity contribution is 7.19. The Hall–Kier alpha value is -1.00. The number of halogens is 1. The summed E-state index contributed by atoms with van der Waals surface area (Å²) in [6.07, 6.45) is 5.38. The molecule has 0 saturated carbocycles. The molecular weight excluding hydrogens is 268 g/mol. The number of hydrogen-bond acceptors (Lipinski definition) is 4. The van der Waals surface area contributed by atoms with Crippen LogP contribution >= 0.6 is 22.9 Å². The first-order valence-electron chi connectivity index (χ1n) is 6.08. The second-order valence-electron chi connectivity index (χ2n) is 4.78. The van der Waals surface area contributed by atoms with Gasteiger partial charge in [0, 0.05) is 11.3 Å². The maximum atomic E-state index is 11.4. The zero-order chi connectivity index (χ0) is 12.7. The minimum absolute atomic E-state index is 0.236. The molecule has 0 spiro atoms. The predicted molar refractivity (Wildman–Crippen MR) is 73.4 cm³/mol. The van der Waals surface area contributed by atoms with Gasteiger partial charge in [0.1, 0.15) is 22.1 Å². The van der Waals surface area contributed by atoms with E-state index in [1.807, 2.05) is 0 Å². The number of nitrogens with zero attached hydrogens (tertiary/aromatic N) is 2. The fraction of sp³-hybridized carbons (Fsp3) is 0.462. The van der Waals surface area contributed by atoms with Crippen molar-refractivity contribution in [1.29, 1.82) is 0 Å². The minimum Gasteiger partial charge on any atom is -0.300 e. The Morgan fingerprint density at radius 3 is 3.17 bits per heavy atom. The van der Waals surface area contributed by atoms with Gasteiger partial charge in [0.25, 0.3) is 0 Å². The molecule has 18 heavy (non-hydrogen) atoms. The van der Waals surface area contributed by atoms with Crippen LogP contribution in [0.2, 0.25) is 5.15 Å². The van der Waals surface area contributed by atoms with E-state index in [0.29, 0.717) is 17.5 Å². The smallest absolute Gasteiger partial charge is 0.141 e. The van der Waals surface area contributed by atoms with Crippen molar-refractivity contribution in [3.63, 3.8) is 0 Å². The van der Waals surface area contributed by atoms with Crippen molar-refractivity contribution in [2.24, 2.45) is 0 Å². The van der Waals surface area contributed by atoms with Crippen molar-refractivity contribution >= 4 is 38.9 Å². The SMILES string of the molecule is CC(=O)CC1CCCc2sc3ncnc(Cl)c3c21. The van der Waals surface area contributed by atoms with Crippen LogP contribution in [0.1, 0.15) is 42.5 Å². The van der Waals surface area contributed by atoms with Gasteiger partial charge in [-0.2, -0.15) is 0 Å². The normalized spacial score (nSPS) is 18.9. The molecule has 2 aromatic heterocycles. The molecule has 5 heteroatoms. The maximum Gasteiger partial charge on any atom is 0.141 e. The van der Waals surface area contributed by atoms with E-state index < -0.39 is 0 Å². The van der Waals surface area contributed by atoms with Crippen LogP contribution in [-0.4, -0.2) is 15.8 Å². The summed E-state index contributed by atoms with van der Waals surface area (Å²) in [5.74, 6) is 0.531. The Balaban J connectivity index is 2.20. The molecule has 0 N–H and O–H groups in total. The lowest BCUT2D eigenvalue weighted by Gasteiger charge is -2.22. The van der Waals surface area contributed by atoms with Gasteiger partial charge in [0.05, 0.1) is 5.39 Å². The Morgan fingerprint density at radius 2 is 2.39 bits per heavy atom. The van der Waals surface area contributed by atoms with Crippen molar-refractivity contribution < 1.29 is 4.79 Å². The van der Waals surface area contributed by atoms with E-state index in [1.54, 1.807) is 18.3 Å². The molecule has 1 aliphatic carbocycles. The Bertz CT molecular complexity index is 623. The third-order valence-corrected chi connectivity index (χ3v) is 4.91. The van der Waals surface area contributed by atoms with Crippen LogP contribution in [0.15, 0.2) is 6.33 Å². The molecule has 94 valence electrons. The van der Waals surface area contributed by atoms with Gasteiger partial charge in [0.2, 0.25) is 0 Å². The molecule has 1 atom stereocenters. The van der Waals surface area contributed by atoms with E-state index >= 15 is 0 Å². The zero-order valence-corrected chi connectivity index (χ0v) is 11.6. The Labute approximate surface area is 114 Å². The average molecular weight is 281 g/mol. The predicted octanol–water partition coefficient (Wildman–Crippen LogP) is 3.74. The van der Waals surface area contributed by atoms with Gasteiger partial charge in [-0.1, -0.05) is 11.6 Å². The number of ketones is 1. The van der Waals surface area contributed by atoms with Crippen LogP contribution in [0.3, 0.4) is 0 Å². The summed E-state index contributed by atoms with van der Waals surface area (Å²) in [4.78, 5) is 22.1. The lowest BCUT2D eigenvalue weighted by atomic mass is 9.83. The summed E-state index contributed by atoms with van der Waals surface area (Å²) >= 11 is 7.91. The lowest BCUT2D eigenvalue weighted by molar-refractivity contribution is -0.117. The van der Waals surface area contributed by atoms with E-state index in [9.17, 15) is 4.79 Å². The second kappa shape index (κ2) is 4.59. The van der Waals surface area contributed by atoms with Crippen molar-refractivity contribution in [2.45, 2.75) is 38.5 Å². The highest BCUT2D eigenvalue weighted by Gasteiger charge is 2.27. The summed E-state index contributed by atoms with van der Waals surface area (Å²) in [6, 6.07) is 0. The molecule has 0 radical (unpaired) electrons. The van der Waals surface area contributed by atoms with Crippen LogP contribution in [0.5, 0.6) is 0 Å². The van der Waals surface area contributed by atoms with Crippen molar-refractivity contribution in [1.82, 2.24) is 9.97 Å². The molecular formula is C13H13ClN2OS. The first-order chi connectivity index (χ1) is 8.66. The molecule has 0 aromatic carbocycles. The number of aromatic nitrogens is 2. The van der Waals surface area contributed by atoms with E-state index in [2.05, 4.69) is 9.97 Å². The number of hydrogen-bond donors (Lipinski definition) is 0. The number of carbonyl (C=O) groups excluding carboxylic acids is 1. The van der Waals surface area contributed by atoms with Crippen LogP contribution in [0.25, 0.3) is 10.2 Å². The maximum absolute atomic E-state index is 11.4. The van der Waals surface area contributed by atoms with Crippen LogP contribution in [-0.2, 0) is 11.2 Å². The molecule has 1 aliphatic rings. The van der Waals surface area contributed by atoms with Crippen molar-refractivity contribution in [2.75, 3.05) is 0 Å². The molecule has 3 rings (SSSR count). The number of rotatable bonds is 2. The minimum atomic E-state index is 0.236. The summed E-state index contributed by atoms with van der Waals surface area (Å²) < 4.78 is 0. The van der Waals surface area contributed by atoms with Crippen molar-refractivity contribution in [3.05, 3.63) is 21.9 Å². The molecule has 1 unspecified atom stereocenters. The number of fused-ring (bicyclic) bond motifs is 3. The van der Waals surface area contributed by atoms with Gasteiger partial charge < -0.3 is 4.79 Å². The number of thiophene rings is 1. The summed E-state index contributed by atoms with van der Waals surface area (Å²) in [6.45, 7) is 1.65.